The highest BCUT2D eigenvalue weighted by Gasteiger charge is 2.09. The highest BCUT2D eigenvalue weighted by molar-refractivity contribution is 7.15. The number of hydrogen-bond acceptors (Lipinski definition) is 5. The normalized spacial score (nSPS) is 10.9. The van der Waals surface area contributed by atoms with Crippen LogP contribution in [0.25, 0.3) is 6.08 Å². The molecule has 1 rings (SSSR count). The highest BCUT2D eigenvalue weighted by Crippen LogP contribution is 2.21. The van der Waals surface area contributed by atoms with E-state index in [1.54, 1.807) is 0 Å². The van der Waals surface area contributed by atoms with Gasteiger partial charge in [0.2, 0.25) is 5.91 Å². The molecule has 0 saturated carbocycles. The molecule has 0 bridgehead atoms. The van der Waals surface area contributed by atoms with Crippen LogP contribution in [0.2, 0.25) is 0 Å². The van der Waals surface area contributed by atoms with E-state index in [-0.39, 0.29) is 17.0 Å². The Morgan fingerprint density at radius 2 is 2.38 bits per heavy atom. The second kappa shape index (κ2) is 5.36. The predicted molar refractivity (Wildman–Crippen MR) is 61.1 cm³/mol. The number of nitrogens with one attached hydrogen (secondary N) is 1. The van der Waals surface area contributed by atoms with Crippen LogP contribution in [-0.4, -0.2) is 21.9 Å². The average molecular weight is 241 g/mol. The van der Waals surface area contributed by atoms with E-state index in [9.17, 15) is 14.9 Å². The maximum atomic E-state index is 11.2. The van der Waals surface area contributed by atoms with E-state index in [4.69, 9.17) is 0 Å². The van der Waals surface area contributed by atoms with Crippen LogP contribution in [0.15, 0.2) is 12.3 Å². The van der Waals surface area contributed by atoms with E-state index in [2.05, 4.69) is 10.3 Å². The van der Waals surface area contributed by atoms with Gasteiger partial charge in [-0.3, -0.25) is 14.9 Å². The van der Waals surface area contributed by atoms with Gasteiger partial charge in [0.25, 0.3) is 0 Å². The van der Waals surface area contributed by atoms with Crippen molar-refractivity contribution in [1.82, 2.24) is 10.3 Å². The Kier molecular flexibility index (Phi) is 4.12. The first kappa shape index (κ1) is 12.3. The van der Waals surface area contributed by atoms with Crippen LogP contribution < -0.4 is 5.32 Å². The molecule has 7 heteroatoms. The summed E-state index contributed by atoms with van der Waals surface area (Å²) in [6.45, 7) is 3.69. The van der Waals surface area contributed by atoms with Crippen molar-refractivity contribution in [2.24, 2.45) is 0 Å². The summed E-state index contributed by atoms with van der Waals surface area (Å²) < 4.78 is 0. The summed E-state index contributed by atoms with van der Waals surface area (Å²) in [6, 6.07) is 0.0581. The molecule has 1 aromatic rings. The number of hydrogen-bond donors (Lipinski definition) is 1. The summed E-state index contributed by atoms with van der Waals surface area (Å²) in [5.41, 5.74) is 0. The fraction of sp³-hybridized carbons (Fsp3) is 0.333. The highest BCUT2D eigenvalue weighted by atomic mass is 32.1. The van der Waals surface area contributed by atoms with Gasteiger partial charge in [-0.1, -0.05) is 0 Å². The van der Waals surface area contributed by atoms with E-state index in [1.165, 1.54) is 18.3 Å². The minimum absolute atomic E-state index is 0.0380. The van der Waals surface area contributed by atoms with Crippen LogP contribution >= 0.6 is 11.3 Å². The molecule has 16 heavy (non-hydrogen) atoms. The van der Waals surface area contributed by atoms with Gasteiger partial charge in [-0.05, 0) is 31.3 Å². The lowest BCUT2D eigenvalue weighted by atomic mass is 10.4. The first-order valence-corrected chi connectivity index (χ1v) is 5.39. The molecule has 86 valence electrons. The van der Waals surface area contributed by atoms with Gasteiger partial charge < -0.3 is 5.32 Å². The number of aromatic nitrogens is 1. The molecule has 0 atom stereocenters. The third-order valence-electron chi connectivity index (χ3n) is 1.50. The SMILES string of the molecule is CC(C)NC(=O)/C=C/c1ncc([N+](=O)[O-])s1. The van der Waals surface area contributed by atoms with E-state index in [0.717, 1.165) is 11.3 Å². The number of nitro groups is 1. The zero-order valence-corrected chi connectivity index (χ0v) is 9.65. The molecule has 1 amide bonds. The molecular formula is C9H11N3O3S. The third-order valence-corrected chi connectivity index (χ3v) is 2.41. The number of carbonyl (C=O) groups excluding carboxylic acids is 1. The maximum absolute atomic E-state index is 11.2. The van der Waals surface area contributed by atoms with Crippen molar-refractivity contribution in [1.29, 1.82) is 0 Å². The van der Waals surface area contributed by atoms with E-state index < -0.39 is 4.92 Å². The van der Waals surface area contributed by atoms with Crippen LogP contribution in [-0.2, 0) is 4.79 Å². The summed E-state index contributed by atoms with van der Waals surface area (Å²) in [4.78, 5) is 24.9. The van der Waals surface area contributed by atoms with E-state index >= 15 is 0 Å². The molecule has 6 nitrogen and oxygen atoms in total. The van der Waals surface area contributed by atoms with Crippen LogP contribution in [0.3, 0.4) is 0 Å². The van der Waals surface area contributed by atoms with Gasteiger partial charge in [0.05, 0.1) is 4.92 Å². The molecule has 0 aliphatic heterocycles. The Balaban J connectivity index is 2.62. The summed E-state index contributed by atoms with van der Waals surface area (Å²) >= 11 is 0.925. The Labute approximate surface area is 96.2 Å². The van der Waals surface area contributed by atoms with Crippen molar-refractivity contribution < 1.29 is 9.72 Å². The minimum atomic E-state index is -0.511. The summed E-state index contributed by atoms with van der Waals surface area (Å²) in [6.07, 6.45) is 3.93. The van der Waals surface area contributed by atoms with Gasteiger partial charge in [-0.15, -0.1) is 0 Å². The monoisotopic (exact) mass is 241 g/mol. The molecule has 0 radical (unpaired) electrons. The lowest BCUT2D eigenvalue weighted by Crippen LogP contribution is -2.28. The standard InChI is InChI=1S/C9H11N3O3S/c1-6(2)11-7(13)3-4-8-10-5-9(16-8)12(14)15/h3-6H,1-2H3,(H,11,13)/b4-3+. The molecule has 0 unspecified atom stereocenters. The number of nitrogens with zero attached hydrogens (tertiary/aromatic N) is 2. The zero-order chi connectivity index (χ0) is 12.1. The van der Waals surface area contributed by atoms with Crippen molar-refractivity contribution >= 4 is 28.3 Å². The molecule has 1 N–H and O–H groups in total. The fourth-order valence-electron chi connectivity index (χ4n) is 0.920. The first-order chi connectivity index (χ1) is 7.49. The van der Waals surface area contributed by atoms with Crippen LogP contribution in [0.5, 0.6) is 0 Å². The average Bonchev–Trinajstić information content (AvgIpc) is 2.61. The van der Waals surface area contributed by atoms with Gasteiger partial charge in [-0.25, -0.2) is 4.98 Å². The predicted octanol–water partition coefficient (Wildman–Crippen LogP) is 1.59. The number of thiazole rings is 1. The second-order valence-corrected chi connectivity index (χ2v) is 4.33. The van der Waals surface area contributed by atoms with Crippen LogP contribution in [0.1, 0.15) is 18.9 Å². The third kappa shape index (κ3) is 3.77. The smallest absolute Gasteiger partial charge is 0.344 e. The van der Waals surface area contributed by atoms with E-state index in [1.807, 2.05) is 13.8 Å². The topological polar surface area (TPSA) is 85.1 Å². The van der Waals surface area contributed by atoms with E-state index in [0.29, 0.717) is 5.01 Å². The molecule has 0 saturated heterocycles. The number of amides is 1. The maximum Gasteiger partial charge on any atom is 0.344 e. The molecule has 1 aromatic heterocycles. The largest absolute Gasteiger partial charge is 0.350 e. The first-order valence-electron chi connectivity index (χ1n) is 4.58. The van der Waals surface area contributed by atoms with Crippen LogP contribution in [0.4, 0.5) is 5.00 Å². The Bertz CT molecular complexity index is 425. The number of carbonyl (C=O) groups is 1. The molecule has 1 heterocycles. The van der Waals surface area contributed by atoms with Crippen LogP contribution in [0, 0.1) is 10.1 Å². The second-order valence-electron chi connectivity index (χ2n) is 3.29. The molecule has 0 spiro atoms. The van der Waals surface area contributed by atoms with Crippen molar-refractivity contribution in [2.45, 2.75) is 19.9 Å². The van der Waals surface area contributed by atoms with Gasteiger partial charge >= 0.3 is 5.00 Å². The lowest BCUT2D eigenvalue weighted by molar-refractivity contribution is -0.380. The summed E-state index contributed by atoms with van der Waals surface area (Å²) in [5, 5.41) is 13.4. The van der Waals surface area contributed by atoms with Crippen molar-refractivity contribution in [3.63, 3.8) is 0 Å². The van der Waals surface area contributed by atoms with Crippen molar-refractivity contribution in [2.75, 3.05) is 0 Å². The van der Waals surface area contributed by atoms with Crippen molar-refractivity contribution in [3.05, 3.63) is 27.4 Å². The molecule has 0 aromatic carbocycles. The Morgan fingerprint density at radius 3 is 2.88 bits per heavy atom. The quantitative estimate of drug-likeness (QED) is 0.492. The summed E-state index contributed by atoms with van der Waals surface area (Å²) in [7, 11) is 0. The Morgan fingerprint density at radius 1 is 1.69 bits per heavy atom. The molecule has 0 aliphatic carbocycles. The van der Waals surface area contributed by atoms with Gasteiger partial charge in [-0.2, -0.15) is 0 Å². The fourth-order valence-corrected chi connectivity index (χ4v) is 1.56. The Hall–Kier alpha value is -1.76. The number of rotatable bonds is 4. The van der Waals surface area contributed by atoms with Crippen molar-refractivity contribution in [3.8, 4) is 0 Å². The van der Waals surface area contributed by atoms with Gasteiger partial charge in [0, 0.05) is 12.1 Å². The molecule has 0 fully saturated rings. The zero-order valence-electron chi connectivity index (χ0n) is 8.84. The summed E-state index contributed by atoms with van der Waals surface area (Å²) in [5.74, 6) is -0.243. The molecular weight excluding hydrogens is 230 g/mol. The van der Waals surface area contributed by atoms with Gasteiger partial charge in [0.15, 0.2) is 0 Å². The minimum Gasteiger partial charge on any atom is -0.350 e. The molecule has 0 aliphatic rings. The lowest BCUT2D eigenvalue weighted by Gasteiger charge is -2.03. The van der Waals surface area contributed by atoms with Gasteiger partial charge in [0.1, 0.15) is 11.2 Å².